The second-order valence-electron chi connectivity index (χ2n) is 7.61. The number of nitrogens with one attached hydrogen (secondary N) is 3. The van der Waals surface area contributed by atoms with Crippen molar-refractivity contribution in [3.8, 4) is 0 Å². The fourth-order valence-electron chi connectivity index (χ4n) is 6.12. The first-order valence-corrected chi connectivity index (χ1v) is 9.23. The fourth-order valence-corrected chi connectivity index (χ4v) is 6.61. The van der Waals surface area contributed by atoms with E-state index >= 15 is 0 Å². The molecule has 0 aliphatic carbocycles. The molecule has 7 atom stereocenters. The van der Waals surface area contributed by atoms with Crippen LogP contribution in [-0.4, -0.2) is 66.7 Å². The van der Waals surface area contributed by atoms with E-state index in [-0.39, 0.29) is 0 Å². The summed E-state index contributed by atoms with van der Waals surface area (Å²) < 4.78 is 0. The quantitative estimate of drug-likeness (QED) is 0.549. The molecule has 5 aliphatic heterocycles. The van der Waals surface area contributed by atoms with Crippen LogP contribution in [0.15, 0.2) is 0 Å². The molecule has 5 heteroatoms. The van der Waals surface area contributed by atoms with Gasteiger partial charge in [-0.1, -0.05) is 12.2 Å². The predicted octanol–water partition coefficient (Wildman–Crippen LogP) is -0.0116. The molecule has 0 radical (unpaired) electrons. The molecule has 5 saturated heterocycles. The lowest BCUT2D eigenvalue weighted by molar-refractivity contribution is 0.0281. The lowest BCUT2D eigenvalue weighted by atomic mass is 9.72. The molecule has 0 aromatic carbocycles. The summed E-state index contributed by atoms with van der Waals surface area (Å²) in [4.78, 5) is 4.38. The van der Waals surface area contributed by atoms with E-state index in [1.54, 1.807) is 0 Å². The van der Waals surface area contributed by atoms with Crippen LogP contribution in [-0.2, 0) is 0 Å². The van der Waals surface area contributed by atoms with E-state index in [4.69, 9.17) is 12.2 Å². The van der Waals surface area contributed by atoms with Crippen LogP contribution in [0.3, 0.4) is 0 Å². The Labute approximate surface area is 132 Å². The van der Waals surface area contributed by atoms with Crippen molar-refractivity contribution in [2.45, 2.75) is 43.4 Å². The molecule has 0 bridgehead atoms. The van der Waals surface area contributed by atoms with Gasteiger partial charge in [0.1, 0.15) is 0 Å². The topological polar surface area (TPSA) is 39.3 Å². The van der Waals surface area contributed by atoms with Gasteiger partial charge in [-0.3, -0.25) is 4.90 Å². The van der Waals surface area contributed by atoms with Crippen molar-refractivity contribution in [3.05, 3.63) is 0 Å². The summed E-state index contributed by atoms with van der Waals surface area (Å²) in [6, 6.07) is 2.88. The number of rotatable bonds is 0. The maximum absolute atomic E-state index is 5.99. The Hall–Kier alpha value is -0.0700. The van der Waals surface area contributed by atoms with Gasteiger partial charge in [-0.05, 0) is 38.9 Å². The number of hydrogen-bond donors (Lipinski definition) is 3. The van der Waals surface area contributed by atoms with Crippen molar-refractivity contribution in [2.24, 2.45) is 17.8 Å². The Bertz CT molecular complexity index is 456. The average Bonchev–Trinajstić information content (AvgIpc) is 2.88. The first kappa shape index (κ1) is 13.4. The van der Waals surface area contributed by atoms with Gasteiger partial charge in [0.05, 0.1) is 0 Å². The molecule has 5 fully saturated rings. The second-order valence-corrected chi connectivity index (χ2v) is 8.08. The fraction of sp³-hybridized carbons (Fsp3) is 0.938. The van der Waals surface area contributed by atoms with Crippen LogP contribution in [0.2, 0.25) is 0 Å². The zero-order valence-electron chi connectivity index (χ0n) is 12.6. The zero-order valence-corrected chi connectivity index (χ0v) is 13.4. The summed E-state index contributed by atoms with van der Waals surface area (Å²) in [6.07, 6.45) is 3.87. The molecule has 5 rings (SSSR count). The minimum atomic E-state index is 0.627. The van der Waals surface area contributed by atoms with Crippen molar-refractivity contribution in [1.29, 1.82) is 0 Å². The molecule has 0 aromatic heterocycles. The molecular formula is C16H26N4S. The van der Waals surface area contributed by atoms with Crippen LogP contribution in [0.25, 0.3) is 0 Å². The SMILES string of the molecule is S=C1C2CNCCC2N2C3CCNCC3C3NCCC1C32. The number of hydrogen-bond acceptors (Lipinski definition) is 5. The van der Waals surface area contributed by atoms with E-state index < -0.39 is 0 Å². The average molecular weight is 306 g/mol. The third-order valence-electron chi connectivity index (χ3n) is 6.85. The number of thiocarbonyl (C=S) groups is 1. The number of fused-ring (bicyclic) bond motifs is 5. The third kappa shape index (κ3) is 1.78. The van der Waals surface area contributed by atoms with E-state index in [9.17, 15) is 0 Å². The summed E-state index contributed by atoms with van der Waals surface area (Å²) in [7, 11) is 0. The van der Waals surface area contributed by atoms with E-state index in [1.165, 1.54) is 43.8 Å². The van der Waals surface area contributed by atoms with Gasteiger partial charge in [0, 0.05) is 59.9 Å². The van der Waals surface area contributed by atoms with Gasteiger partial charge in [0.2, 0.25) is 0 Å². The number of nitrogens with zero attached hydrogens (tertiary/aromatic N) is 1. The molecule has 4 nitrogen and oxygen atoms in total. The summed E-state index contributed by atoms with van der Waals surface area (Å²) in [5.74, 6) is 2.09. The van der Waals surface area contributed by atoms with Gasteiger partial charge in [0.25, 0.3) is 0 Å². The minimum Gasteiger partial charge on any atom is -0.316 e. The van der Waals surface area contributed by atoms with Crippen molar-refractivity contribution in [1.82, 2.24) is 20.9 Å². The summed E-state index contributed by atoms with van der Waals surface area (Å²) in [5, 5.41) is 11.1. The lowest BCUT2D eigenvalue weighted by Gasteiger charge is -2.54. The Morgan fingerprint density at radius 3 is 2.62 bits per heavy atom. The standard InChI is InChI=1S/C16H26N4S/c21-16-9-1-6-19-14-10-7-17-4-2-12(10)20(15(9)14)13-3-5-18-8-11(13)16/h9-15,17-19H,1-8H2. The molecule has 0 spiro atoms. The Morgan fingerprint density at radius 2 is 1.71 bits per heavy atom. The smallest absolute Gasteiger partial charge is 0.0333 e. The lowest BCUT2D eigenvalue weighted by Crippen LogP contribution is -2.67. The molecule has 0 saturated carbocycles. The van der Waals surface area contributed by atoms with Crippen molar-refractivity contribution >= 4 is 17.1 Å². The normalized spacial score (nSPS) is 53.0. The monoisotopic (exact) mass is 306 g/mol. The van der Waals surface area contributed by atoms with E-state index in [0.29, 0.717) is 23.9 Å². The van der Waals surface area contributed by atoms with Crippen LogP contribution in [0, 0.1) is 17.8 Å². The van der Waals surface area contributed by atoms with Crippen molar-refractivity contribution in [2.75, 3.05) is 32.7 Å². The van der Waals surface area contributed by atoms with Crippen LogP contribution < -0.4 is 16.0 Å². The van der Waals surface area contributed by atoms with Crippen LogP contribution in [0.5, 0.6) is 0 Å². The van der Waals surface area contributed by atoms with Crippen LogP contribution >= 0.6 is 12.2 Å². The highest BCUT2D eigenvalue weighted by Gasteiger charge is 2.60. The maximum Gasteiger partial charge on any atom is 0.0333 e. The van der Waals surface area contributed by atoms with Crippen molar-refractivity contribution in [3.63, 3.8) is 0 Å². The summed E-state index contributed by atoms with van der Waals surface area (Å²) in [6.45, 7) is 5.85. The molecule has 21 heavy (non-hydrogen) atoms. The highest BCUT2D eigenvalue weighted by molar-refractivity contribution is 7.80. The Kier molecular flexibility index (Phi) is 3.16. The maximum atomic E-state index is 5.99. The molecule has 5 aliphatic rings. The second kappa shape index (κ2) is 4.96. The van der Waals surface area contributed by atoms with Crippen LogP contribution in [0.4, 0.5) is 0 Å². The predicted molar refractivity (Wildman–Crippen MR) is 87.7 cm³/mol. The molecule has 0 amide bonds. The van der Waals surface area contributed by atoms with Gasteiger partial charge >= 0.3 is 0 Å². The van der Waals surface area contributed by atoms with Gasteiger partial charge in [-0.15, -0.1) is 0 Å². The Balaban J connectivity index is 1.57. The van der Waals surface area contributed by atoms with Gasteiger partial charge in [-0.2, -0.15) is 0 Å². The zero-order chi connectivity index (χ0) is 14.0. The van der Waals surface area contributed by atoms with Gasteiger partial charge in [-0.25, -0.2) is 0 Å². The highest BCUT2D eigenvalue weighted by Crippen LogP contribution is 2.48. The molecule has 0 aromatic rings. The molecule has 5 heterocycles. The van der Waals surface area contributed by atoms with E-state index in [2.05, 4.69) is 20.9 Å². The molecular weight excluding hydrogens is 280 g/mol. The highest BCUT2D eigenvalue weighted by atomic mass is 32.1. The van der Waals surface area contributed by atoms with Crippen LogP contribution in [0.1, 0.15) is 19.3 Å². The first-order chi connectivity index (χ1) is 10.4. The largest absolute Gasteiger partial charge is 0.316 e. The summed E-state index contributed by atoms with van der Waals surface area (Å²) >= 11 is 5.99. The first-order valence-electron chi connectivity index (χ1n) is 8.82. The van der Waals surface area contributed by atoms with Gasteiger partial charge < -0.3 is 16.0 Å². The van der Waals surface area contributed by atoms with E-state index in [1.807, 2.05) is 0 Å². The molecule has 116 valence electrons. The Morgan fingerprint density at radius 1 is 0.905 bits per heavy atom. The third-order valence-corrected chi connectivity index (χ3v) is 7.46. The van der Waals surface area contributed by atoms with Gasteiger partial charge in [0.15, 0.2) is 0 Å². The summed E-state index contributed by atoms with van der Waals surface area (Å²) in [5.41, 5.74) is 0. The van der Waals surface area contributed by atoms with E-state index in [0.717, 1.165) is 31.1 Å². The molecule has 7 unspecified atom stereocenters. The minimum absolute atomic E-state index is 0.627. The number of piperidine rings is 4. The van der Waals surface area contributed by atoms with Crippen molar-refractivity contribution < 1.29 is 0 Å². The molecule has 3 N–H and O–H groups in total.